The van der Waals surface area contributed by atoms with Crippen LogP contribution in [0.3, 0.4) is 0 Å². The average Bonchev–Trinajstić information content (AvgIpc) is 3.08. The minimum absolute atomic E-state index is 0.0597. The molecule has 0 aromatic heterocycles. The van der Waals surface area contributed by atoms with Crippen molar-refractivity contribution in [2.75, 3.05) is 17.2 Å². The van der Waals surface area contributed by atoms with Crippen molar-refractivity contribution in [2.45, 2.75) is 20.3 Å². The molecule has 112 valence electrons. The summed E-state index contributed by atoms with van der Waals surface area (Å²) in [5.74, 6) is 0.157. The Labute approximate surface area is 124 Å². The molecule has 3 amide bonds. The maximum atomic E-state index is 12.0. The fourth-order valence-corrected chi connectivity index (χ4v) is 2.12. The number of urea groups is 1. The first kappa shape index (κ1) is 15.1. The van der Waals surface area contributed by atoms with Gasteiger partial charge in [0.15, 0.2) is 0 Å². The summed E-state index contributed by atoms with van der Waals surface area (Å²) in [7, 11) is 0. The number of carbonyl (C=O) groups excluding carboxylic acids is 2. The van der Waals surface area contributed by atoms with E-state index < -0.39 is 0 Å². The SMILES string of the molecule is C=CCNC(=O)Nc1ccc(NC(=O)[C@H]2CC2(C)C)cc1. The minimum atomic E-state index is -0.286. The fourth-order valence-electron chi connectivity index (χ4n) is 2.12. The summed E-state index contributed by atoms with van der Waals surface area (Å²) in [4.78, 5) is 23.4. The summed E-state index contributed by atoms with van der Waals surface area (Å²) in [6.07, 6.45) is 2.54. The Morgan fingerprint density at radius 3 is 2.24 bits per heavy atom. The number of nitrogens with one attached hydrogen (secondary N) is 3. The third-order valence-electron chi connectivity index (χ3n) is 3.65. The lowest BCUT2D eigenvalue weighted by Crippen LogP contribution is -2.28. The van der Waals surface area contributed by atoms with E-state index in [4.69, 9.17) is 0 Å². The third kappa shape index (κ3) is 4.08. The van der Waals surface area contributed by atoms with E-state index in [1.54, 1.807) is 30.3 Å². The fraction of sp³-hybridized carbons (Fsp3) is 0.375. The normalized spacial score (nSPS) is 18.5. The van der Waals surface area contributed by atoms with Gasteiger partial charge in [0.1, 0.15) is 0 Å². The second kappa shape index (κ2) is 5.99. The van der Waals surface area contributed by atoms with Gasteiger partial charge in [0.25, 0.3) is 0 Å². The lowest BCUT2D eigenvalue weighted by atomic mass is 10.1. The largest absolute Gasteiger partial charge is 0.334 e. The molecule has 3 N–H and O–H groups in total. The van der Waals surface area contributed by atoms with Crippen LogP contribution in [0.15, 0.2) is 36.9 Å². The second-order valence-corrected chi connectivity index (χ2v) is 5.94. The highest BCUT2D eigenvalue weighted by Gasteiger charge is 2.50. The highest BCUT2D eigenvalue weighted by Crippen LogP contribution is 2.51. The van der Waals surface area contributed by atoms with Gasteiger partial charge in [-0.25, -0.2) is 4.79 Å². The molecule has 1 aromatic carbocycles. The van der Waals surface area contributed by atoms with Crippen LogP contribution in [0.4, 0.5) is 16.2 Å². The zero-order chi connectivity index (χ0) is 15.5. The van der Waals surface area contributed by atoms with Gasteiger partial charge in [-0.3, -0.25) is 4.79 Å². The van der Waals surface area contributed by atoms with Crippen LogP contribution >= 0.6 is 0 Å². The van der Waals surface area contributed by atoms with Crippen molar-refractivity contribution in [2.24, 2.45) is 11.3 Å². The average molecular weight is 287 g/mol. The van der Waals surface area contributed by atoms with E-state index in [9.17, 15) is 9.59 Å². The Kier molecular flexibility index (Phi) is 4.31. The van der Waals surface area contributed by atoms with Crippen LogP contribution in [-0.4, -0.2) is 18.5 Å². The number of carbonyl (C=O) groups is 2. The Bertz CT molecular complexity index is 549. The molecule has 0 unspecified atom stereocenters. The van der Waals surface area contributed by atoms with E-state index >= 15 is 0 Å². The number of benzene rings is 1. The summed E-state index contributed by atoms with van der Waals surface area (Å²) in [5, 5.41) is 8.21. The predicted molar refractivity (Wildman–Crippen MR) is 84.2 cm³/mol. The molecular weight excluding hydrogens is 266 g/mol. The molecule has 1 atom stereocenters. The van der Waals surface area contributed by atoms with E-state index in [1.807, 2.05) is 0 Å². The number of hydrogen-bond acceptors (Lipinski definition) is 2. The van der Waals surface area contributed by atoms with Gasteiger partial charge in [0.2, 0.25) is 5.91 Å². The van der Waals surface area contributed by atoms with Crippen LogP contribution in [0.5, 0.6) is 0 Å². The molecule has 5 heteroatoms. The van der Waals surface area contributed by atoms with Gasteiger partial charge in [0, 0.05) is 23.8 Å². The van der Waals surface area contributed by atoms with E-state index in [0.717, 1.165) is 12.1 Å². The van der Waals surface area contributed by atoms with Gasteiger partial charge < -0.3 is 16.0 Å². The smallest absolute Gasteiger partial charge is 0.319 e. The molecule has 1 aliphatic carbocycles. The quantitative estimate of drug-likeness (QED) is 0.729. The van der Waals surface area contributed by atoms with E-state index in [1.165, 1.54) is 0 Å². The van der Waals surface area contributed by atoms with Gasteiger partial charge in [-0.2, -0.15) is 0 Å². The molecule has 1 aromatic rings. The Morgan fingerprint density at radius 2 is 1.76 bits per heavy atom. The standard InChI is InChI=1S/C16H21N3O2/c1-4-9-17-15(21)19-12-7-5-11(6-8-12)18-14(20)13-10-16(13,2)3/h4-8,13H,1,9-10H2,2-3H3,(H,18,20)(H2,17,19,21)/t13-/m1/s1. The number of hydrogen-bond donors (Lipinski definition) is 3. The van der Waals surface area contributed by atoms with E-state index in [-0.39, 0.29) is 23.3 Å². The molecule has 1 saturated carbocycles. The Morgan fingerprint density at radius 1 is 1.24 bits per heavy atom. The predicted octanol–water partition coefficient (Wildman–Crippen LogP) is 2.98. The van der Waals surface area contributed by atoms with Crippen LogP contribution in [0, 0.1) is 11.3 Å². The van der Waals surface area contributed by atoms with Crippen LogP contribution in [0.2, 0.25) is 0 Å². The molecule has 21 heavy (non-hydrogen) atoms. The Hall–Kier alpha value is -2.30. The maximum absolute atomic E-state index is 12.0. The van der Waals surface area contributed by atoms with Crippen molar-refractivity contribution in [3.8, 4) is 0 Å². The molecule has 0 radical (unpaired) electrons. The first-order chi connectivity index (χ1) is 9.92. The van der Waals surface area contributed by atoms with Gasteiger partial charge in [-0.15, -0.1) is 6.58 Å². The lowest BCUT2D eigenvalue weighted by molar-refractivity contribution is -0.118. The highest BCUT2D eigenvalue weighted by atomic mass is 16.2. The van der Waals surface area contributed by atoms with E-state index in [2.05, 4.69) is 36.4 Å². The highest BCUT2D eigenvalue weighted by molar-refractivity contribution is 5.95. The van der Waals surface area contributed by atoms with Crippen molar-refractivity contribution in [3.63, 3.8) is 0 Å². The van der Waals surface area contributed by atoms with Crippen LogP contribution < -0.4 is 16.0 Å². The van der Waals surface area contributed by atoms with Crippen molar-refractivity contribution in [1.29, 1.82) is 0 Å². The number of amides is 3. The van der Waals surface area contributed by atoms with Crippen molar-refractivity contribution < 1.29 is 9.59 Å². The molecule has 0 spiro atoms. The molecule has 0 aliphatic heterocycles. The Balaban J connectivity index is 1.86. The molecule has 5 nitrogen and oxygen atoms in total. The van der Waals surface area contributed by atoms with E-state index in [0.29, 0.717) is 12.2 Å². The van der Waals surface area contributed by atoms with Crippen LogP contribution in [-0.2, 0) is 4.79 Å². The summed E-state index contributed by atoms with van der Waals surface area (Å²) < 4.78 is 0. The molecule has 0 heterocycles. The monoisotopic (exact) mass is 287 g/mol. The van der Waals surface area contributed by atoms with Crippen molar-refractivity contribution >= 4 is 23.3 Å². The maximum Gasteiger partial charge on any atom is 0.319 e. The van der Waals surface area contributed by atoms with Crippen LogP contribution in [0.1, 0.15) is 20.3 Å². The van der Waals surface area contributed by atoms with Gasteiger partial charge in [-0.05, 0) is 36.1 Å². The number of anilines is 2. The van der Waals surface area contributed by atoms with Crippen molar-refractivity contribution in [3.05, 3.63) is 36.9 Å². The zero-order valence-corrected chi connectivity index (χ0v) is 12.4. The van der Waals surface area contributed by atoms with Crippen molar-refractivity contribution in [1.82, 2.24) is 5.32 Å². The molecule has 2 rings (SSSR count). The third-order valence-corrected chi connectivity index (χ3v) is 3.65. The summed E-state index contributed by atoms with van der Waals surface area (Å²) in [6.45, 7) is 8.12. The molecule has 1 fully saturated rings. The summed E-state index contributed by atoms with van der Waals surface area (Å²) in [5.41, 5.74) is 1.52. The number of rotatable bonds is 5. The second-order valence-electron chi connectivity index (χ2n) is 5.94. The lowest BCUT2D eigenvalue weighted by Gasteiger charge is -2.09. The molecule has 0 bridgehead atoms. The zero-order valence-electron chi connectivity index (χ0n) is 12.4. The summed E-state index contributed by atoms with van der Waals surface area (Å²) >= 11 is 0. The van der Waals surface area contributed by atoms with Gasteiger partial charge in [0.05, 0.1) is 0 Å². The molecular formula is C16H21N3O2. The topological polar surface area (TPSA) is 70.2 Å². The van der Waals surface area contributed by atoms with Crippen LogP contribution in [0.25, 0.3) is 0 Å². The molecule has 0 saturated heterocycles. The minimum Gasteiger partial charge on any atom is -0.334 e. The summed E-state index contributed by atoms with van der Waals surface area (Å²) in [6, 6.07) is 6.76. The first-order valence-corrected chi connectivity index (χ1v) is 6.99. The van der Waals surface area contributed by atoms with Gasteiger partial charge >= 0.3 is 6.03 Å². The molecule has 1 aliphatic rings. The first-order valence-electron chi connectivity index (χ1n) is 6.99. The van der Waals surface area contributed by atoms with Gasteiger partial charge in [-0.1, -0.05) is 19.9 Å².